The summed E-state index contributed by atoms with van der Waals surface area (Å²) in [5.74, 6) is 0.0993. The number of aromatic nitrogens is 1. The molecule has 0 unspecified atom stereocenters. The highest BCUT2D eigenvalue weighted by molar-refractivity contribution is 7.10. The SMILES string of the molecule is CC(=O)Cc1ccc(C(=O)Cc2nc(-c3ccc(C#N)cc3)cs2)cc1. The molecule has 1 aromatic heterocycles. The topological polar surface area (TPSA) is 70.8 Å². The highest BCUT2D eigenvalue weighted by Gasteiger charge is 2.11. The fourth-order valence-corrected chi connectivity index (χ4v) is 3.38. The maximum absolute atomic E-state index is 12.4. The summed E-state index contributed by atoms with van der Waals surface area (Å²) in [7, 11) is 0. The average molecular weight is 360 g/mol. The number of rotatable bonds is 6. The van der Waals surface area contributed by atoms with Crippen molar-refractivity contribution in [2.24, 2.45) is 0 Å². The molecule has 0 radical (unpaired) electrons. The Morgan fingerprint density at radius 3 is 2.35 bits per heavy atom. The molecule has 0 bridgehead atoms. The molecule has 0 aliphatic rings. The van der Waals surface area contributed by atoms with Gasteiger partial charge in [-0.3, -0.25) is 9.59 Å². The fraction of sp³-hybridized carbons (Fsp3) is 0.143. The molecule has 1 heterocycles. The van der Waals surface area contributed by atoms with Crippen LogP contribution in [0, 0.1) is 11.3 Å². The number of hydrogen-bond donors (Lipinski definition) is 0. The van der Waals surface area contributed by atoms with Gasteiger partial charge in [-0.1, -0.05) is 36.4 Å². The van der Waals surface area contributed by atoms with Crippen LogP contribution >= 0.6 is 11.3 Å². The molecular weight excluding hydrogens is 344 g/mol. The van der Waals surface area contributed by atoms with Crippen molar-refractivity contribution in [2.75, 3.05) is 0 Å². The Balaban J connectivity index is 1.69. The quantitative estimate of drug-likeness (QED) is 0.617. The first-order valence-electron chi connectivity index (χ1n) is 8.11. The van der Waals surface area contributed by atoms with Crippen molar-refractivity contribution in [1.29, 1.82) is 5.26 Å². The molecular formula is C21H16N2O2S. The second-order valence-corrected chi connectivity index (χ2v) is 6.93. The zero-order valence-electron chi connectivity index (χ0n) is 14.2. The monoisotopic (exact) mass is 360 g/mol. The van der Waals surface area contributed by atoms with Gasteiger partial charge in [0.15, 0.2) is 5.78 Å². The Morgan fingerprint density at radius 1 is 1.04 bits per heavy atom. The zero-order valence-corrected chi connectivity index (χ0v) is 15.0. The van der Waals surface area contributed by atoms with Crippen LogP contribution in [0.25, 0.3) is 11.3 Å². The summed E-state index contributed by atoms with van der Waals surface area (Å²) in [4.78, 5) is 28.1. The van der Waals surface area contributed by atoms with Crippen molar-refractivity contribution in [2.45, 2.75) is 19.8 Å². The van der Waals surface area contributed by atoms with Crippen molar-refractivity contribution in [3.05, 3.63) is 75.6 Å². The van der Waals surface area contributed by atoms with Crippen molar-refractivity contribution in [1.82, 2.24) is 4.98 Å². The Kier molecular flexibility index (Phi) is 5.35. The number of ketones is 2. The van der Waals surface area contributed by atoms with Gasteiger partial charge in [0.2, 0.25) is 0 Å². The van der Waals surface area contributed by atoms with E-state index in [2.05, 4.69) is 11.1 Å². The first kappa shape index (κ1) is 17.7. The minimum absolute atomic E-state index is 0.0000958. The third-order valence-electron chi connectivity index (χ3n) is 3.90. The maximum Gasteiger partial charge on any atom is 0.169 e. The molecule has 0 fully saturated rings. The van der Waals surface area contributed by atoms with Gasteiger partial charge in [-0.05, 0) is 24.6 Å². The maximum atomic E-state index is 12.4. The van der Waals surface area contributed by atoms with Gasteiger partial charge >= 0.3 is 0 Å². The van der Waals surface area contributed by atoms with Gasteiger partial charge in [0.1, 0.15) is 10.8 Å². The molecule has 0 saturated carbocycles. The number of nitriles is 1. The standard InChI is InChI=1S/C21H16N2O2S/c1-14(24)10-15-2-8-18(9-3-15)20(25)11-21-23-19(13-26-21)17-6-4-16(12-22)5-7-17/h2-9,13H,10-11H2,1H3. The van der Waals surface area contributed by atoms with Crippen molar-refractivity contribution < 1.29 is 9.59 Å². The molecule has 3 rings (SSSR count). The molecule has 3 aromatic rings. The summed E-state index contributed by atoms with van der Waals surface area (Å²) in [5.41, 5.74) is 3.86. The lowest BCUT2D eigenvalue weighted by molar-refractivity contribution is -0.116. The van der Waals surface area contributed by atoms with Gasteiger partial charge in [-0.15, -0.1) is 11.3 Å². The van der Waals surface area contributed by atoms with E-state index in [0.29, 0.717) is 17.5 Å². The van der Waals surface area contributed by atoms with E-state index in [-0.39, 0.29) is 18.0 Å². The summed E-state index contributed by atoms with van der Waals surface area (Å²) in [6.45, 7) is 1.55. The Labute approximate surface area is 155 Å². The minimum Gasteiger partial charge on any atom is -0.300 e. The van der Waals surface area contributed by atoms with Gasteiger partial charge in [-0.25, -0.2) is 4.98 Å². The minimum atomic E-state index is 0.0000958. The fourth-order valence-electron chi connectivity index (χ4n) is 2.58. The summed E-state index contributed by atoms with van der Waals surface area (Å²) < 4.78 is 0. The summed E-state index contributed by atoms with van der Waals surface area (Å²) in [6, 6.07) is 16.5. The van der Waals surface area contributed by atoms with E-state index in [0.717, 1.165) is 21.8 Å². The van der Waals surface area contributed by atoms with Crippen LogP contribution in [0.2, 0.25) is 0 Å². The number of Topliss-reactive ketones (excluding diaryl/α,β-unsaturated/α-hetero) is 2. The lowest BCUT2D eigenvalue weighted by Gasteiger charge is -2.02. The smallest absolute Gasteiger partial charge is 0.169 e. The average Bonchev–Trinajstić information content (AvgIpc) is 3.10. The first-order chi connectivity index (χ1) is 12.5. The molecule has 4 nitrogen and oxygen atoms in total. The van der Waals surface area contributed by atoms with E-state index in [1.807, 2.05) is 29.6 Å². The van der Waals surface area contributed by atoms with Crippen LogP contribution in [0.4, 0.5) is 0 Å². The second kappa shape index (κ2) is 7.85. The first-order valence-corrected chi connectivity index (χ1v) is 8.99. The van der Waals surface area contributed by atoms with Gasteiger partial charge in [-0.2, -0.15) is 5.26 Å². The summed E-state index contributed by atoms with van der Waals surface area (Å²) >= 11 is 1.45. The highest BCUT2D eigenvalue weighted by atomic mass is 32.1. The molecule has 128 valence electrons. The Morgan fingerprint density at radius 2 is 1.73 bits per heavy atom. The van der Waals surface area contributed by atoms with Crippen LogP contribution < -0.4 is 0 Å². The number of thiazole rings is 1. The number of carbonyl (C=O) groups excluding carboxylic acids is 2. The van der Waals surface area contributed by atoms with E-state index in [1.54, 1.807) is 31.2 Å². The molecule has 0 aliphatic heterocycles. The van der Waals surface area contributed by atoms with E-state index in [4.69, 9.17) is 5.26 Å². The van der Waals surface area contributed by atoms with Crippen molar-refractivity contribution in [3.63, 3.8) is 0 Å². The zero-order chi connectivity index (χ0) is 18.5. The number of carbonyl (C=O) groups is 2. The molecule has 0 saturated heterocycles. The van der Waals surface area contributed by atoms with E-state index >= 15 is 0 Å². The lowest BCUT2D eigenvalue weighted by atomic mass is 10.0. The third kappa shape index (κ3) is 4.29. The molecule has 0 spiro atoms. The van der Waals surface area contributed by atoms with Crippen molar-refractivity contribution in [3.8, 4) is 17.3 Å². The Bertz CT molecular complexity index is 980. The lowest BCUT2D eigenvalue weighted by Crippen LogP contribution is -2.04. The Hall–Kier alpha value is -3.10. The van der Waals surface area contributed by atoms with Gasteiger partial charge in [0.25, 0.3) is 0 Å². The molecule has 2 aromatic carbocycles. The molecule has 0 amide bonds. The van der Waals surface area contributed by atoms with E-state index in [1.165, 1.54) is 11.3 Å². The van der Waals surface area contributed by atoms with E-state index in [9.17, 15) is 9.59 Å². The molecule has 26 heavy (non-hydrogen) atoms. The van der Waals surface area contributed by atoms with Crippen LogP contribution in [-0.4, -0.2) is 16.6 Å². The number of nitrogens with zero attached hydrogens (tertiary/aromatic N) is 2. The van der Waals surface area contributed by atoms with Gasteiger partial charge < -0.3 is 0 Å². The molecule has 0 N–H and O–H groups in total. The largest absolute Gasteiger partial charge is 0.300 e. The normalized spacial score (nSPS) is 10.3. The third-order valence-corrected chi connectivity index (χ3v) is 4.75. The summed E-state index contributed by atoms with van der Waals surface area (Å²) in [5, 5.41) is 11.5. The molecule has 0 atom stereocenters. The summed E-state index contributed by atoms with van der Waals surface area (Å²) in [6.07, 6.45) is 0.627. The van der Waals surface area contributed by atoms with Gasteiger partial charge in [0, 0.05) is 22.9 Å². The number of benzene rings is 2. The molecule has 5 heteroatoms. The molecule has 0 aliphatic carbocycles. The predicted molar refractivity (Wildman–Crippen MR) is 101 cm³/mol. The van der Waals surface area contributed by atoms with Crippen molar-refractivity contribution >= 4 is 22.9 Å². The van der Waals surface area contributed by atoms with Gasteiger partial charge in [0.05, 0.1) is 23.7 Å². The predicted octanol–water partition coefficient (Wildman–Crippen LogP) is 4.24. The van der Waals surface area contributed by atoms with E-state index < -0.39 is 0 Å². The van der Waals surface area contributed by atoms with Crippen LogP contribution in [0.5, 0.6) is 0 Å². The van der Waals surface area contributed by atoms with Crippen LogP contribution in [0.3, 0.4) is 0 Å². The van der Waals surface area contributed by atoms with Crippen LogP contribution in [0.1, 0.15) is 33.4 Å². The second-order valence-electron chi connectivity index (χ2n) is 5.99. The highest BCUT2D eigenvalue weighted by Crippen LogP contribution is 2.23. The van der Waals surface area contributed by atoms with Crippen LogP contribution in [0.15, 0.2) is 53.9 Å². The number of hydrogen-bond acceptors (Lipinski definition) is 5. The van der Waals surface area contributed by atoms with Crippen LogP contribution in [-0.2, 0) is 17.6 Å².